The van der Waals surface area contributed by atoms with Crippen LogP contribution in [0.15, 0.2) is 53.4 Å². The molecule has 0 fully saturated rings. The van der Waals surface area contributed by atoms with Crippen LogP contribution in [0.1, 0.15) is 19.8 Å². The third-order valence-corrected chi connectivity index (χ3v) is 4.25. The van der Waals surface area contributed by atoms with Crippen molar-refractivity contribution in [3.05, 3.63) is 48.5 Å². The van der Waals surface area contributed by atoms with Crippen LogP contribution in [0.4, 0.5) is 16.2 Å². The molecule has 0 atom stereocenters. The van der Waals surface area contributed by atoms with Crippen molar-refractivity contribution in [3.63, 3.8) is 0 Å². The minimum absolute atomic E-state index is 0.0166. The number of hydrogen-bond donors (Lipinski definition) is 3. The number of carbonyl (C=O) groups is 1. The molecule has 2 rings (SSSR count). The number of amides is 2. The Labute approximate surface area is 147 Å². The van der Waals surface area contributed by atoms with Crippen LogP contribution in [-0.4, -0.2) is 21.1 Å². The monoisotopic (exact) mass is 363 g/mol. The minimum atomic E-state index is -3.75. The summed E-state index contributed by atoms with van der Waals surface area (Å²) in [5.41, 5.74) is 1.06. The molecule has 4 N–H and O–H groups in total. The third-order valence-electron chi connectivity index (χ3n) is 3.32. The number of benzene rings is 2. The molecule has 0 unspecified atom stereocenters. The molecule has 25 heavy (non-hydrogen) atoms. The van der Waals surface area contributed by atoms with Gasteiger partial charge in [0.05, 0.1) is 11.5 Å². The van der Waals surface area contributed by atoms with Gasteiger partial charge in [-0.2, -0.15) is 0 Å². The molecule has 134 valence electrons. The summed E-state index contributed by atoms with van der Waals surface area (Å²) in [6.45, 7) is 2.76. The molecule has 0 radical (unpaired) electrons. The Kier molecular flexibility index (Phi) is 6.37. The molecule has 0 bridgehead atoms. The number of primary sulfonamides is 1. The molecule has 2 amide bonds. The molecule has 0 heterocycles. The van der Waals surface area contributed by atoms with Crippen LogP contribution in [-0.2, 0) is 10.0 Å². The van der Waals surface area contributed by atoms with Crippen LogP contribution < -0.4 is 20.5 Å². The maximum atomic E-state index is 12.0. The number of ether oxygens (including phenoxy) is 1. The Bertz CT molecular complexity index is 803. The van der Waals surface area contributed by atoms with Gasteiger partial charge in [-0.25, -0.2) is 18.4 Å². The van der Waals surface area contributed by atoms with Crippen molar-refractivity contribution in [1.29, 1.82) is 0 Å². The number of urea groups is 1. The van der Waals surface area contributed by atoms with Crippen molar-refractivity contribution in [2.45, 2.75) is 24.7 Å². The fraction of sp³-hybridized carbons (Fsp3) is 0.235. The summed E-state index contributed by atoms with van der Waals surface area (Å²) in [5, 5.41) is 10.3. The van der Waals surface area contributed by atoms with Gasteiger partial charge in [-0.3, -0.25) is 0 Å². The molecular weight excluding hydrogens is 342 g/mol. The highest BCUT2D eigenvalue weighted by Gasteiger charge is 2.08. The first-order valence-corrected chi connectivity index (χ1v) is 9.37. The molecule has 2 aromatic rings. The lowest BCUT2D eigenvalue weighted by Gasteiger charge is -2.09. The zero-order chi connectivity index (χ0) is 18.3. The standard InChI is InChI=1S/C17H21N3O4S/c1-2-3-12-24-15-8-4-13(5-9-15)19-17(21)20-14-6-10-16(11-7-14)25(18,22)23/h4-11H,2-3,12H2,1H3,(H2,18,22,23)(H2,19,20,21). The van der Waals surface area contributed by atoms with Crippen LogP contribution in [0, 0.1) is 0 Å². The zero-order valence-corrected chi connectivity index (χ0v) is 14.7. The summed E-state index contributed by atoms with van der Waals surface area (Å²) in [4.78, 5) is 11.9. The van der Waals surface area contributed by atoms with Gasteiger partial charge in [0.1, 0.15) is 5.75 Å². The maximum Gasteiger partial charge on any atom is 0.323 e. The first-order chi connectivity index (χ1) is 11.9. The van der Waals surface area contributed by atoms with Gasteiger partial charge in [0.15, 0.2) is 0 Å². The van der Waals surface area contributed by atoms with Gasteiger partial charge < -0.3 is 15.4 Å². The van der Waals surface area contributed by atoms with Crippen molar-refractivity contribution in [2.24, 2.45) is 5.14 Å². The number of nitrogens with one attached hydrogen (secondary N) is 2. The third kappa shape index (κ3) is 6.09. The van der Waals surface area contributed by atoms with Gasteiger partial charge in [0, 0.05) is 11.4 Å². The SMILES string of the molecule is CCCCOc1ccc(NC(=O)Nc2ccc(S(N)(=O)=O)cc2)cc1. The number of sulfonamides is 1. The Morgan fingerprint density at radius 1 is 1.00 bits per heavy atom. The number of anilines is 2. The topological polar surface area (TPSA) is 111 Å². The Morgan fingerprint density at radius 3 is 2.00 bits per heavy atom. The number of unbranched alkanes of at least 4 members (excludes halogenated alkanes) is 1. The highest BCUT2D eigenvalue weighted by molar-refractivity contribution is 7.89. The van der Waals surface area contributed by atoms with E-state index in [0.29, 0.717) is 18.0 Å². The Hall–Kier alpha value is -2.58. The summed E-state index contributed by atoms with van der Waals surface area (Å²) in [6, 6.07) is 12.2. The van der Waals surface area contributed by atoms with E-state index in [0.717, 1.165) is 18.6 Å². The Morgan fingerprint density at radius 2 is 1.52 bits per heavy atom. The number of carbonyl (C=O) groups excluding carboxylic acids is 1. The van der Waals surface area contributed by atoms with Crippen molar-refractivity contribution < 1.29 is 17.9 Å². The highest BCUT2D eigenvalue weighted by atomic mass is 32.2. The largest absolute Gasteiger partial charge is 0.494 e. The van der Waals surface area contributed by atoms with Crippen molar-refractivity contribution in [2.75, 3.05) is 17.2 Å². The maximum absolute atomic E-state index is 12.0. The molecule has 0 aliphatic heterocycles. The first kappa shape index (κ1) is 18.8. The van der Waals surface area contributed by atoms with E-state index in [2.05, 4.69) is 17.6 Å². The fourth-order valence-electron chi connectivity index (χ4n) is 1.99. The van der Waals surface area contributed by atoms with Crippen molar-refractivity contribution in [3.8, 4) is 5.75 Å². The van der Waals surface area contributed by atoms with Crippen molar-refractivity contribution >= 4 is 27.4 Å². The molecule has 7 nitrogen and oxygen atoms in total. The second-order valence-electron chi connectivity index (χ2n) is 5.37. The predicted octanol–water partition coefficient (Wildman–Crippen LogP) is 3.16. The zero-order valence-electron chi connectivity index (χ0n) is 13.9. The molecule has 0 spiro atoms. The van der Waals surface area contributed by atoms with E-state index < -0.39 is 16.1 Å². The lowest BCUT2D eigenvalue weighted by atomic mass is 10.3. The number of rotatable bonds is 7. The van der Waals surface area contributed by atoms with Gasteiger partial charge >= 0.3 is 6.03 Å². The molecular formula is C17H21N3O4S. The van der Waals surface area contributed by atoms with Gasteiger partial charge in [-0.05, 0) is 55.0 Å². The normalized spacial score (nSPS) is 11.0. The van der Waals surface area contributed by atoms with E-state index in [4.69, 9.17) is 9.88 Å². The molecule has 0 aromatic heterocycles. The van der Waals surface area contributed by atoms with Crippen LogP contribution in [0.5, 0.6) is 5.75 Å². The van der Waals surface area contributed by atoms with Crippen LogP contribution in [0.25, 0.3) is 0 Å². The second kappa shape index (κ2) is 8.50. The summed E-state index contributed by atoms with van der Waals surface area (Å²) in [6.07, 6.45) is 2.06. The van der Waals surface area contributed by atoms with Crippen molar-refractivity contribution in [1.82, 2.24) is 0 Å². The summed E-state index contributed by atoms with van der Waals surface area (Å²) < 4.78 is 27.9. The van der Waals surface area contributed by atoms with E-state index >= 15 is 0 Å². The van der Waals surface area contributed by atoms with E-state index in [1.165, 1.54) is 24.3 Å². The van der Waals surface area contributed by atoms with Gasteiger partial charge in [-0.15, -0.1) is 0 Å². The summed E-state index contributed by atoms with van der Waals surface area (Å²) in [7, 11) is -3.75. The van der Waals surface area contributed by atoms with Gasteiger partial charge in [0.25, 0.3) is 0 Å². The lowest BCUT2D eigenvalue weighted by Crippen LogP contribution is -2.19. The number of nitrogens with two attached hydrogens (primary N) is 1. The van der Waals surface area contributed by atoms with E-state index in [1.54, 1.807) is 24.3 Å². The fourth-order valence-corrected chi connectivity index (χ4v) is 2.51. The van der Waals surface area contributed by atoms with E-state index in [-0.39, 0.29) is 4.90 Å². The molecule has 2 aromatic carbocycles. The van der Waals surface area contributed by atoms with Crippen LogP contribution in [0.3, 0.4) is 0 Å². The quantitative estimate of drug-likeness (QED) is 0.656. The lowest BCUT2D eigenvalue weighted by molar-refractivity contribution is 0.262. The highest BCUT2D eigenvalue weighted by Crippen LogP contribution is 2.17. The molecule has 8 heteroatoms. The average Bonchev–Trinajstić information content (AvgIpc) is 2.56. The Balaban J connectivity index is 1.89. The van der Waals surface area contributed by atoms with Crippen LogP contribution in [0.2, 0.25) is 0 Å². The second-order valence-corrected chi connectivity index (χ2v) is 6.94. The van der Waals surface area contributed by atoms with Crippen LogP contribution >= 0.6 is 0 Å². The average molecular weight is 363 g/mol. The molecule has 0 saturated carbocycles. The van der Waals surface area contributed by atoms with Gasteiger partial charge in [0.2, 0.25) is 10.0 Å². The summed E-state index contributed by atoms with van der Waals surface area (Å²) in [5.74, 6) is 0.748. The van der Waals surface area contributed by atoms with Gasteiger partial charge in [-0.1, -0.05) is 13.3 Å². The van der Waals surface area contributed by atoms with E-state index in [9.17, 15) is 13.2 Å². The predicted molar refractivity (Wildman–Crippen MR) is 97.3 cm³/mol. The smallest absolute Gasteiger partial charge is 0.323 e. The molecule has 0 aliphatic carbocycles. The minimum Gasteiger partial charge on any atom is -0.494 e. The molecule has 0 aliphatic rings. The number of hydrogen-bond acceptors (Lipinski definition) is 4. The first-order valence-electron chi connectivity index (χ1n) is 7.82. The van der Waals surface area contributed by atoms with E-state index in [1.807, 2.05) is 0 Å². The summed E-state index contributed by atoms with van der Waals surface area (Å²) >= 11 is 0. The molecule has 0 saturated heterocycles.